The number of ether oxygens (including phenoxy) is 1. The number of aryl methyl sites for hydroxylation is 1. The molecule has 29 heavy (non-hydrogen) atoms. The number of anilines is 1. The highest BCUT2D eigenvalue weighted by Crippen LogP contribution is 2.38. The summed E-state index contributed by atoms with van der Waals surface area (Å²) in [6.07, 6.45) is 15.4. The number of fused-ring (bicyclic) bond motifs is 1. The normalized spacial score (nSPS) is 13.8. The molecule has 4 nitrogen and oxygen atoms in total. The number of thiophene rings is 1. The first-order valence-electron chi connectivity index (χ1n) is 11.7. The molecule has 1 aromatic heterocycles. The van der Waals surface area contributed by atoms with Gasteiger partial charge in [0.2, 0.25) is 5.91 Å². The number of amides is 1. The third kappa shape index (κ3) is 8.12. The van der Waals surface area contributed by atoms with Crippen molar-refractivity contribution >= 4 is 28.2 Å². The summed E-state index contributed by atoms with van der Waals surface area (Å²) < 4.78 is 5.49. The van der Waals surface area contributed by atoms with E-state index in [9.17, 15) is 9.59 Å². The molecule has 0 aromatic carbocycles. The summed E-state index contributed by atoms with van der Waals surface area (Å²) in [6.45, 7) is 5.96. The Morgan fingerprint density at radius 1 is 0.966 bits per heavy atom. The molecule has 5 heteroatoms. The average Bonchev–Trinajstić information content (AvgIpc) is 2.84. The molecule has 0 bridgehead atoms. The highest BCUT2D eigenvalue weighted by atomic mass is 32.1. The average molecular weight is 422 g/mol. The second-order valence-corrected chi connectivity index (χ2v) is 9.60. The molecule has 164 valence electrons. The Morgan fingerprint density at radius 3 is 2.31 bits per heavy atom. The van der Waals surface area contributed by atoms with Crippen LogP contribution in [0.15, 0.2) is 0 Å². The highest BCUT2D eigenvalue weighted by Gasteiger charge is 2.27. The third-order valence-electron chi connectivity index (χ3n) is 5.48. The number of unbranched alkanes of at least 4 members (excludes halogenated alkanes) is 7. The molecule has 0 saturated heterocycles. The SMILES string of the molecule is CCCCCCCCCCC(=O)Nc1sc2c(c1C(=O)OC(C)C)CCCCC2. The van der Waals surface area contributed by atoms with E-state index in [1.165, 1.54) is 49.8 Å². The monoisotopic (exact) mass is 421 g/mol. The summed E-state index contributed by atoms with van der Waals surface area (Å²) in [7, 11) is 0. The van der Waals surface area contributed by atoms with Crippen LogP contribution in [-0.4, -0.2) is 18.0 Å². The van der Waals surface area contributed by atoms with Crippen LogP contribution in [0.1, 0.15) is 119 Å². The summed E-state index contributed by atoms with van der Waals surface area (Å²) in [4.78, 5) is 26.5. The van der Waals surface area contributed by atoms with Crippen molar-refractivity contribution in [2.24, 2.45) is 0 Å². The maximum absolute atomic E-state index is 12.7. The van der Waals surface area contributed by atoms with Gasteiger partial charge in [-0.2, -0.15) is 0 Å². The highest BCUT2D eigenvalue weighted by molar-refractivity contribution is 7.17. The zero-order valence-electron chi connectivity index (χ0n) is 18.6. The number of rotatable bonds is 12. The molecule has 0 radical (unpaired) electrons. The molecule has 0 fully saturated rings. The largest absolute Gasteiger partial charge is 0.459 e. The lowest BCUT2D eigenvalue weighted by atomic mass is 10.1. The van der Waals surface area contributed by atoms with Crippen LogP contribution in [0, 0.1) is 0 Å². The molecule has 0 unspecified atom stereocenters. The molecule has 1 aliphatic carbocycles. The lowest BCUT2D eigenvalue weighted by molar-refractivity contribution is -0.116. The van der Waals surface area contributed by atoms with Gasteiger partial charge in [-0.05, 0) is 51.5 Å². The number of carbonyl (C=O) groups is 2. The van der Waals surface area contributed by atoms with Crippen LogP contribution in [0.4, 0.5) is 5.00 Å². The van der Waals surface area contributed by atoms with Crippen molar-refractivity contribution in [2.75, 3.05) is 5.32 Å². The first-order chi connectivity index (χ1) is 14.0. The van der Waals surface area contributed by atoms with Crippen LogP contribution in [0.5, 0.6) is 0 Å². The summed E-state index contributed by atoms with van der Waals surface area (Å²) in [5.41, 5.74) is 1.73. The first-order valence-corrected chi connectivity index (χ1v) is 12.5. The van der Waals surface area contributed by atoms with Crippen LogP contribution in [0.25, 0.3) is 0 Å². The van der Waals surface area contributed by atoms with E-state index < -0.39 is 0 Å². The van der Waals surface area contributed by atoms with Gasteiger partial charge in [-0.1, -0.05) is 58.3 Å². The maximum Gasteiger partial charge on any atom is 0.341 e. The second-order valence-electron chi connectivity index (χ2n) is 8.50. The van der Waals surface area contributed by atoms with Crippen LogP contribution in [0.2, 0.25) is 0 Å². The Morgan fingerprint density at radius 2 is 1.62 bits per heavy atom. The van der Waals surface area contributed by atoms with Crippen molar-refractivity contribution < 1.29 is 14.3 Å². The van der Waals surface area contributed by atoms with Gasteiger partial charge in [0.05, 0.1) is 11.7 Å². The van der Waals surface area contributed by atoms with E-state index in [4.69, 9.17) is 4.74 Å². The summed E-state index contributed by atoms with van der Waals surface area (Å²) in [6, 6.07) is 0. The Balaban J connectivity index is 1.90. The standard InChI is InChI=1S/C24H39NO3S/c1-4-5-6-7-8-9-10-14-17-21(26)25-23-22(24(27)28-18(2)3)19-15-12-11-13-16-20(19)29-23/h18H,4-17H2,1-3H3,(H,25,26). The number of nitrogens with one attached hydrogen (secondary N) is 1. The van der Waals surface area contributed by atoms with E-state index in [0.29, 0.717) is 17.0 Å². The molecule has 0 saturated carbocycles. The van der Waals surface area contributed by atoms with Crippen molar-refractivity contribution in [1.82, 2.24) is 0 Å². The van der Waals surface area contributed by atoms with Gasteiger partial charge < -0.3 is 10.1 Å². The van der Waals surface area contributed by atoms with Crippen LogP contribution in [-0.2, 0) is 22.4 Å². The zero-order valence-corrected chi connectivity index (χ0v) is 19.4. The molecule has 0 aliphatic heterocycles. The molecule has 1 aliphatic rings. The van der Waals surface area contributed by atoms with E-state index in [1.54, 1.807) is 11.3 Å². The van der Waals surface area contributed by atoms with E-state index in [0.717, 1.165) is 44.1 Å². The van der Waals surface area contributed by atoms with Gasteiger partial charge in [0.15, 0.2) is 0 Å². The van der Waals surface area contributed by atoms with Gasteiger partial charge in [0.25, 0.3) is 0 Å². The minimum absolute atomic E-state index is 0.0194. The molecule has 0 spiro atoms. The molecular weight excluding hydrogens is 382 g/mol. The van der Waals surface area contributed by atoms with Gasteiger partial charge in [0.1, 0.15) is 5.00 Å². The van der Waals surface area contributed by atoms with E-state index in [1.807, 2.05) is 13.8 Å². The van der Waals surface area contributed by atoms with Crippen molar-refractivity contribution in [1.29, 1.82) is 0 Å². The predicted molar refractivity (Wildman–Crippen MR) is 122 cm³/mol. The van der Waals surface area contributed by atoms with Gasteiger partial charge in [0, 0.05) is 11.3 Å². The molecule has 0 atom stereocenters. The van der Waals surface area contributed by atoms with E-state index in [2.05, 4.69) is 12.2 Å². The first kappa shape index (κ1) is 23.9. The van der Waals surface area contributed by atoms with E-state index >= 15 is 0 Å². The van der Waals surface area contributed by atoms with Gasteiger partial charge in [-0.15, -0.1) is 11.3 Å². The van der Waals surface area contributed by atoms with Crippen molar-refractivity contribution in [3.05, 3.63) is 16.0 Å². The second kappa shape index (κ2) is 13.0. The quantitative estimate of drug-likeness (QED) is 0.223. The van der Waals surface area contributed by atoms with E-state index in [-0.39, 0.29) is 18.0 Å². The van der Waals surface area contributed by atoms with Crippen LogP contribution < -0.4 is 5.32 Å². The van der Waals surface area contributed by atoms with Crippen molar-refractivity contribution in [2.45, 2.75) is 117 Å². The molecular formula is C24H39NO3S. The number of esters is 1. The van der Waals surface area contributed by atoms with Crippen LogP contribution in [0.3, 0.4) is 0 Å². The predicted octanol–water partition coefficient (Wildman–Crippen LogP) is 7.05. The lowest BCUT2D eigenvalue weighted by Gasteiger charge is -2.11. The minimum atomic E-state index is -0.290. The molecule has 1 amide bonds. The summed E-state index contributed by atoms with van der Waals surface area (Å²) in [5, 5.41) is 3.74. The summed E-state index contributed by atoms with van der Waals surface area (Å²) in [5.74, 6) is -0.271. The molecule has 1 heterocycles. The maximum atomic E-state index is 12.7. The third-order valence-corrected chi connectivity index (χ3v) is 6.69. The Kier molecular flexibility index (Phi) is 10.8. The molecule has 1 N–H and O–H groups in total. The smallest absolute Gasteiger partial charge is 0.341 e. The Labute approximate surface area is 180 Å². The number of hydrogen-bond donors (Lipinski definition) is 1. The minimum Gasteiger partial charge on any atom is -0.459 e. The zero-order chi connectivity index (χ0) is 21.1. The molecule has 1 aromatic rings. The number of hydrogen-bond acceptors (Lipinski definition) is 4. The Bertz CT molecular complexity index is 651. The lowest BCUT2D eigenvalue weighted by Crippen LogP contribution is -2.17. The van der Waals surface area contributed by atoms with Crippen molar-refractivity contribution in [3.8, 4) is 0 Å². The topological polar surface area (TPSA) is 55.4 Å². The Hall–Kier alpha value is -1.36. The summed E-state index contributed by atoms with van der Waals surface area (Å²) >= 11 is 1.58. The van der Waals surface area contributed by atoms with Crippen LogP contribution >= 0.6 is 11.3 Å². The van der Waals surface area contributed by atoms with Gasteiger partial charge in [-0.3, -0.25) is 4.79 Å². The van der Waals surface area contributed by atoms with Gasteiger partial charge in [-0.25, -0.2) is 4.79 Å². The fourth-order valence-electron chi connectivity index (χ4n) is 3.93. The van der Waals surface area contributed by atoms with Gasteiger partial charge >= 0.3 is 5.97 Å². The fourth-order valence-corrected chi connectivity index (χ4v) is 5.22. The number of carbonyl (C=O) groups excluding carboxylic acids is 2. The molecule has 2 rings (SSSR count). The fraction of sp³-hybridized carbons (Fsp3) is 0.750. The van der Waals surface area contributed by atoms with Crippen molar-refractivity contribution in [3.63, 3.8) is 0 Å².